The Hall–Kier alpha value is -3.89. The molecule has 51 heavy (non-hydrogen) atoms. The molecule has 2 aliphatic heterocycles. The molecule has 2 aromatic carbocycles. The number of phenolic OH excluding ortho intramolecular Hbond substituents is 2. The first-order valence-corrected chi connectivity index (χ1v) is 17.1. The van der Waals surface area contributed by atoms with Crippen molar-refractivity contribution in [3.8, 4) is 40.1 Å². The van der Waals surface area contributed by atoms with Crippen LogP contribution in [0.2, 0.25) is 0 Å². The maximum Gasteiger partial charge on any atom is 0.446 e. The van der Waals surface area contributed by atoms with Gasteiger partial charge in [0.2, 0.25) is 17.5 Å². The molecule has 0 amide bonds. The highest BCUT2D eigenvalue weighted by molar-refractivity contribution is 7.81. The fourth-order valence-electron chi connectivity index (χ4n) is 5.16. The summed E-state index contributed by atoms with van der Waals surface area (Å²) in [5, 5.41) is 81.3. The number of ether oxygens (including phenoxy) is 4. The Morgan fingerprint density at radius 2 is 1.37 bits per heavy atom. The zero-order valence-electron chi connectivity index (χ0n) is 25.6. The molecular formula is C27H30O22S2. The number of hydrogen-bond donors (Lipinski definition) is 10. The normalized spacial score (nSPS) is 30.2. The summed E-state index contributed by atoms with van der Waals surface area (Å²) in [4.78, 5) is 14.0. The Bertz CT molecular complexity index is 2050. The van der Waals surface area contributed by atoms with Gasteiger partial charge in [0.05, 0.1) is 12.7 Å². The van der Waals surface area contributed by atoms with Crippen molar-refractivity contribution < 1.29 is 98.5 Å². The molecule has 0 unspecified atom stereocenters. The van der Waals surface area contributed by atoms with Gasteiger partial charge in [0.1, 0.15) is 53.7 Å². The van der Waals surface area contributed by atoms with E-state index in [0.717, 1.165) is 18.2 Å². The maximum atomic E-state index is 14.0. The van der Waals surface area contributed by atoms with Gasteiger partial charge in [-0.25, -0.2) is 0 Å². The molecule has 0 bridgehead atoms. The molecule has 2 saturated heterocycles. The second-order valence-corrected chi connectivity index (χ2v) is 13.3. The zero-order chi connectivity index (χ0) is 37.7. The number of aromatic hydroxyl groups is 2. The van der Waals surface area contributed by atoms with E-state index in [1.165, 1.54) is 6.92 Å². The third-order valence-corrected chi connectivity index (χ3v) is 8.45. The molecule has 0 saturated carbocycles. The summed E-state index contributed by atoms with van der Waals surface area (Å²) in [7, 11) is -10.7. The Kier molecular flexibility index (Phi) is 10.7. The van der Waals surface area contributed by atoms with E-state index in [4.69, 9.17) is 27.9 Å². The van der Waals surface area contributed by atoms with Gasteiger partial charge < -0.3 is 72.6 Å². The average Bonchev–Trinajstić information content (AvgIpc) is 3.02. The summed E-state index contributed by atoms with van der Waals surface area (Å²) in [6, 6.07) is 3.94. The minimum Gasteiger partial charge on any atom is -0.504 e. The molecule has 24 heteroatoms. The van der Waals surface area contributed by atoms with Gasteiger partial charge in [0, 0.05) is 17.7 Å². The highest BCUT2D eigenvalue weighted by Gasteiger charge is 2.48. The van der Waals surface area contributed by atoms with Crippen LogP contribution in [0.3, 0.4) is 0 Å². The first kappa shape index (κ1) is 38.3. The molecule has 22 nitrogen and oxygen atoms in total. The SMILES string of the molecule is C[C@@H]1O[C@@H](OC[C@H]2O[C@@H](Oc3c(-c4ccc(O)c(O)c4)oc4cc(OS(=O)(=O)O)cc(OS(=O)(=O)O)c4c3=O)[C@H](O)[C@@H](O)[C@@H]2O)[C@H](O)[C@H](O)[C@H]1O. The topological polar surface area (TPSA) is 356 Å². The van der Waals surface area contributed by atoms with Gasteiger partial charge >= 0.3 is 20.8 Å². The van der Waals surface area contributed by atoms with Crippen molar-refractivity contribution in [1.82, 2.24) is 0 Å². The van der Waals surface area contributed by atoms with Crippen molar-refractivity contribution in [3.63, 3.8) is 0 Å². The van der Waals surface area contributed by atoms with Crippen molar-refractivity contribution in [2.45, 2.75) is 68.3 Å². The van der Waals surface area contributed by atoms with E-state index >= 15 is 0 Å². The molecule has 1 aromatic heterocycles. The minimum atomic E-state index is -5.46. The third-order valence-electron chi connectivity index (χ3n) is 7.66. The predicted octanol–water partition coefficient (Wildman–Crippen LogP) is -2.74. The first-order chi connectivity index (χ1) is 23.6. The molecule has 0 spiro atoms. The van der Waals surface area contributed by atoms with Gasteiger partial charge in [-0.15, -0.1) is 0 Å². The smallest absolute Gasteiger partial charge is 0.446 e. The van der Waals surface area contributed by atoms with Gasteiger partial charge in [-0.1, -0.05) is 0 Å². The molecule has 0 aliphatic carbocycles. The Labute approximate surface area is 285 Å². The van der Waals surface area contributed by atoms with E-state index in [-0.39, 0.29) is 5.56 Å². The summed E-state index contributed by atoms with van der Waals surface area (Å²) < 4.78 is 101. The third kappa shape index (κ3) is 8.28. The second kappa shape index (κ2) is 14.3. The van der Waals surface area contributed by atoms with Crippen molar-refractivity contribution in [2.24, 2.45) is 0 Å². The van der Waals surface area contributed by atoms with E-state index in [1.54, 1.807) is 0 Å². The van der Waals surface area contributed by atoms with E-state index in [9.17, 15) is 67.0 Å². The summed E-state index contributed by atoms with van der Waals surface area (Å²) in [6.45, 7) is 0.622. The number of rotatable bonds is 10. The van der Waals surface area contributed by atoms with E-state index in [0.29, 0.717) is 12.1 Å². The molecule has 5 rings (SSSR count). The molecule has 10 atom stereocenters. The number of benzene rings is 2. The van der Waals surface area contributed by atoms with Gasteiger partial charge in [0.15, 0.2) is 35.0 Å². The molecule has 2 aliphatic rings. The number of aliphatic hydroxyl groups excluding tert-OH is 6. The Balaban J connectivity index is 1.59. The van der Waals surface area contributed by atoms with Crippen LogP contribution in [0, 0.1) is 0 Å². The molecule has 3 aromatic rings. The average molecular weight is 771 g/mol. The maximum absolute atomic E-state index is 14.0. The number of fused-ring (bicyclic) bond motifs is 1. The van der Waals surface area contributed by atoms with Gasteiger partial charge in [-0.3, -0.25) is 13.9 Å². The minimum absolute atomic E-state index is 0.276. The van der Waals surface area contributed by atoms with Crippen LogP contribution in [0.4, 0.5) is 0 Å². The van der Waals surface area contributed by atoms with Crippen molar-refractivity contribution in [2.75, 3.05) is 6.61 Å². The second-order valence-electron chi connectivity index (χ2n) is 11.3. The van der Waals surface area contributed by atoms with Crippen molar-refractivity contribution in [3.05, 3.63) is 40.6 Å². The summed E-state index contributed by atoms with van der Waals surface area (Å²) in [5.41, 5.74) is -2.43. The lowest BCUT2D eigenvalue weighted by Gasteiger charge is -2.42. The van der Waals surface area contributed by atoms with Gasteiger partial charge in [-0.2, -0.15) is 16.8 Å². The molecule has 2 fully saturated rings. The van der Waals surface area contributed by atoms with Crippen LogP contribution in [0.15, 0.2) is 39.5 Å². The van der Waals surface area contributed by atoms with Crippen LogP contribution in [-0.2, 0) is 35.0 Å². The van der Waals surface area contributed by atoms with Gasteiger partial charge in [0.25, 0.3) is 0 Å². The van der Waals surface area contributed by atoms with Crippen molar-refractivity contribution in [1.29, 1.82) is 0 Å². The van der Waals surface area contributed by atoms with E-state index in [2.05, 4.69) is 8.37 Å². The molecule has 0 radical (unpaired) electrons. The van der Waals surface area contributed by atoms with E-state index < -0.39 is 140 Å². The highest BCUT2D eigenvalue weighted by atomic mass is 32.3. The Morgan fingerprint density at radius 1 is 0.745 bits per heavy atom. The number of aliphatic hydroxyl groups is 6. The summed E-state index contributed by atoms with van der Waals surface area (Å²) >= 11 is 0. The molecule has 3 heterocycles. The lowest BCUT2D eigenvalue weighted by molar-refractivity contribution is -0.318. The fourth-order valence-corrected chi connectivity index (χ4v) is 5.86. The van der Waals surface area contributed by atoms with Crippen LogP contribution in [-0.4, -0.2) is 135 Å². The largest absolute Gasteiger partial charge is 0.504 e. The lowest BCUT2D eigenvalue weighted by Crippen LogP contribution is -2.61. The van der Waals surface area contributed by atoms with E-state index in [1.807, 2.05) is 0 Å². The predicted molar refractivity (Wildman–Crippen MR) is 161 cm³/mol. The van der Waals surface area contributed by atoms with Crippen LogP contribution >= 0.6 is 0 Å². The van der Waals surface area contributed by atoms with Crippen molar-refractivity contribution >= 4 is 31.8 Å². The highest BCUT2D eigenvalue weighted by Crippen LogP contribution is 2.40. The lowest BCUT2D eigenvalue weighted by atomic mass is 9.98. The zero-order valence-corrected chi connectivity index (χ0v) is 27.2. The van der Waals surface area contributed by atoms with Gasteiger partial charge in [-0.05, 0) is 25.1 Å². The fraction of sp³-hybridized carbons (Fsp3) is 0.444. The molecule has 10 N–H and O–H groups in total. The summed E-state index contributed by atoms with van der Waals surface area (Å²) in [5.74, 6) is -5.17. The molecule has 282 valence electrons. The number of phenols is 2. The monoisotopic (exact) mass is 770 g/mol. The first-order valence-electron chi connectivity index (χ1n) is 14.3. The molecular weight excluding hydrogens is 740 g/mol. The summed E-state index contributed by atoms with van der Waals surface area (Å²) in [6.07, 6.45) is -17.5. The quantitative estimate of drug-likeness (QED) is 0.0738. The standard InChI is InChI=1S/C27H30O22S2/c1-8-17(30)20(33)22(35)26(44-8)43-7-15-18(31)21(34)23(36)27(46-15)47-25-19(32)16-13(45-24(25)9-2-3-11(28)12(29)4-9)5-10(48-50(37,38)39)6-14(16)49-51(40,41)42/h2-6,8,15,17-18,20-23,26-31,33-36H,7H2,1H3,(H,37,38,39)(H,40,41,42)/t8-,15+,17-,18+,20+,21-,22+,23+,26+,27-/m0/s1. The van der Waals surface area contributed by atoms with Crippen LogP contribution in [0.25, 0.3) is 22.3 Å². The van der Waals surface area contributed by atoms with Crippen LogP contribution < -0.4 is 18.5 Å². The number of hydrogen-bond acceptors (Lipinski definition) is 20. The Morgan fingerprint density at radius 3 is 2.00 bits per heavy atom. The van der Waals surface area contributed by atoms with Crippen LogP contribution in [0.5, 0.6) is 28.7 Å². The van der Waals surface area contributed by atoms with Crippen LogP contribution in [0.1, 0.15) is 6.92 Å².